The zero-order valence-electron chi connectivity index (χ0n) is 23.2. The fourth-order valence-electron chi connectivity index (χ4n) is 4.93. The van der Waals surface area contributed by atoms with Crippen LogP contribution in [-0.4, -0.2) is 52.6 Å². The van der Waals surface area contributed by atoms with Crippen molar-refractivity contribution in [1.82, 2.24) is 5.01 Å². The molecule has 0 unspecified atom stereocenters. The fraction of sp³-hybridized carbons (Fsp3) is 0.387. The van der Waals surface area contributed by atoms with Gasteiger partial charge < -0.3 is 10.4 Å². The Labute approximate surface area is 234 Å². The number of fused-ring (bicyclic) bond motifs is 1. The predicted molar refractivity (Wildman–Crippen MR) is 155 cm³/mol. The Morgan fingerprint density at radius 3 is 2.45 bits per heavy atom. The van der Waals surface area contributed by atoms with Gasteiger partial charge in [0, 0.05) is 28.7 Å². The largest absolute Gasteiger partial charge is 0.478 e. The van der Waals surface area contributed by atoms with E-state index in [9.17, 15) is 19.2 Å². The monoisotopic (exact) mass is 544 g/mol. The quantitative estimate of drug-likeness (QED) is 0.422. The van der Waals surface area contributed by atoms with Crippen molar-refractivity contribution >= 4 is 46.9 Å². The van der Waals surface area contributed by atoms with E-state index >= 15 is 0 Å². The van der Waals surface area contributed by atoms with Crippen molar-refractivity contribution in [2.24, 2.45) is 16.4 Å². The molecule has 2 N–H and O–H groups in total. The summed E-state index contributed by atoms with van der Waals surface area (Å²) < 4.78 is 0. The Hall–Kier alpha value is -4.27. The van der Waals surface area contributed by atoms with Gasteiger partial charge in [0.1, 0.15) is 6.54 Å². The number of hydrogen-bond acceptors (Lipinski definition) is 5. The van der Waals surface area contributed by atoms with Gasteiger partial charge in [-0.1, -0.05) is 70.4 Å². The van der Waals surface area contributed by atoms with Crippen molar-refractivity contribution in [2.75, 3.05) is 23.3 Å². The smallest absolute Gasteiger partial charge is 0.345 e. The summed E-state index contributed by atoms with van der Waals surface area (Å²) in [5, 5.41) is 17.6. The molecule has 0 spiro atoms. The van der Waals surface area contributed by atoms with Crippen LogP contribution in [0.3, 0.4) is 0 Å². The molecule has 1 heterocycles. The van der Waals surface area contributed by atoms with Gasteiger partial charge in [0.2, 0.25) is 5.91 Å². The number of carbonyl (C=O) groups excluding carboxylic acids is 3. The lowest BCUT2D eigenvalue weighted by Gasteiger charge is -2.28. The van der Waals surface area contributed by atoms with E-state index in [0.717, 1.165) is 49.5 Å². The van der Waals surface area contributed by atoms with E-state index in [1.54, 1.807) is 24.3 Å². The number of hydrogen-bond donors (Lipinski definition) is 2. The summed E-state index contributed by atoms with van der Waals surface area (Å²) >= 11 is 0. The third kappa shape index (κ3) is 7.02. The van der Waals surface area contributed by atoms with Crippen molar-refractivity contribution < 1.29 is 24.3 Å². The highest BCUT2D eigenvalue weighted by molar-refractivity contribution is 6.13. The molecule has 9 nitrogen and oxygen atoms in total. The van der Waals surface area contributed by atoms with E-state index in [0.29, 0.717) is 16.9 Å². The summed E-state index contributed by atoms with van der Waals surface area (Å²) in [6, 6.07) is 13.7. The standard InChI is InChI=1S/C31H36N4O5/c1-31(2,3)26(36)19-34-25-15-8-7-14-24(25)29(22-11-5-4-6-12-22)33-35(30(34)40)20-27(37)32-23-13-9-10-21(18-23)16-17-28(38)39/h7-10,13-18,22H,4-6,11-12,19-20H2,1-3H3,(H,32,37)(H,38,39). The van der Waals surface area contributed by atoms with E-state index < -0.39 is 23.3 Å². The van der Waals surface area contributed by atoms with Crippen LogP contribution in [0.15, 0.2) is 59.7 Å². The second-order valence-corrected chi connectivity index (χ2v) is 11.3. The molecule has 2 aromatic rings. The molecule has 1 fully saturated rings. The van der Waals surface area contributed by atoms with Gasteiger partial charge in [-0.15, -0.1) is 0 Å². The first kappa shape index (κ1) is 28.7. The van der Waals surface area contributed by atoms with Crippen LogP contribution in [0.1, 0.15) is 64.0 Å². The zero-order valence-corrected chi connectivity index (χ0v) is 23.2. The number of ketones is 1. The van der Waals surface area contributed by atoms with E-state index in [1.165, 1.54) is 16.0 Å². The Morgan fingerprint density at radius 1 is 1.02 bits per heavy atom. The number of nitrogens with zero attached hydrogens (tertiary/aromatic N) is 3. The maximum Gasteiger partial charge on any atom is 0.345 e. The molecule has 0 radical (unpaired) electrons. The number of para-hydroxylation sites is 1. The topological polar surface area (TPSA) is 119 Å². The molecule has 0 atom stereocenters. The molecule has 0 saturated heterocycles. The number of amides is 3. The molecule has 2 aliphatic rings. The number of carbonyl (C=O) groups is 4. The number of urea groups is 1. The number of nitrogens with one attached hydrogen (secondary N) is 1. The van der Waals surface area contributed by atoms with Gasteiger partial charge in [0.15, 0.2) is 5.78 Å². The zero-order chi connectivity index (χ0) is 28.9. The minimum absolute atomic E-state index is 0.104. The average molecular weight is 545 g/mol. The number of rotatable bonds is 8. The Bertz CT molecular complexity index is 1350. The van der Waals surface area contributed by atoms with Crippen LogP contribution in [0.5, 0.6) is 0 Å². The lowest BCUT2D eigenvalue weighted by atomic mass is 9.83. The number of anilines is 2. The summed E-state index contributed by atoms with van der Waals surface area (Å²) in [6.45, 7) is 4.97. The number of carboxylic acid groups (broad SMARTS) is 1. The molecular formula is C31H36N4O5. The molecule has 3 amide bonds. The predicted octanol–water partition coefficient (Wildman–Crippen LogP) is 5.56. The van der Waals surface area contributed by atoms with Gasteiger partial charge in [-0.2, -0.15) is 5.10 Å². The van der Waals surface area contributed by atoms with Gasteiger partial charge >= 0.3 is 12.0 Å². The number of aliphatic carboxylic acids is 1. The summed E-state index contributed by atoms with van der Waals surface area (Å²) in [4.78, 5) is 52.5. The van der Waals surface area contributed by atoms with Crippen molar-refractivity contribution in [1.29, 1.82) is 0 Å². The van der Waals surface area contributed by atoms with Crippen molar-refractivity contribution in [3.8, 4) is 0 Å². The second-order valence-electron chi connectivity index (χ2n) is 11.3. The van der Waals surface area contributed by atoms with Crippen LogP contribution in [0.2, 0.25) is 0 Å². The van der Waals surface area contributed by atoms with Gasteiger partial charge in [-0.3, -0.25) is 14.5 Å². The lowest BCUT2D eigenvalue weighted by Crippen LogP contribution is -2.47. The van der Waals surface area contributed by atoms with Crippen LogP contribution in [-0.2, 0) is 14.4 Å². The number of hydrazone groups is 1. The number of Topliss-reactive ketones (excluding diaryl/α,β-unsaturated/α-hetero) is 1. The van der Waals surface area contributed by atoms with E-state index in [2.05, 4.69) is 5.32 Å². The molecule has 2 aromatic carbocycles. The van der Waals surface area contributed by atoms with Crippen LogP contribution < -0.4 is 10.2 Å². The highest BCUT2D eigenvalue weighted by Crippen LogP contribution is 2.34. The van der Waals surface area contributed by atoms with E-state index in [1.807, 2.05) is 45.0 Å². The van der Waals surface area contributed by atoms with Crippen molar-refractivity contribution in [2.45, 2.75) is 52.9 Å². The average Bonchev–Trinajstić information content (AvgIpc) is 3.03. The molecule has 210 valence electrons. The molecule has 1 aliphatic carbocycles. The molecule has 1 aliphatic heterocycles. The molecule has 1 saturated carbocycles. The normalized spacial score (nSPS) is 16.4. The van der Waals surface area contributed by atoms with E-state index in [4.69, 9.17) is 10.2 Å². The summed E-state index contributed by atoms with van der Waals surface area (Å²) in [6.07, 6.45) is 7.63. The molecular weight excluding hydrogens is 508 g/mol. The van der Waals surface area contributed by atoms with Crippen LogP contribution >= 0.6 is 0 Å². The second kappa shape index (κ2) is 12.3. The van der Waals surface area contributed by atoms with E-state index in [-0.39, 0.29) is 24.8 Å². The summed E-state index contributed by atoms with van der Waals surface area (Å²) in [5.74, 6) is -1.50. The molecule has 40 heavy (non-hydrogen) atoms. The van der Waals surface area contributed by atoms with Crippen LogP contribution in [0, 0.1) is 11.3 Å². The molecule has 4 rings (SSSR count). The molecule has 0 aromatic heterocycles. The minimum Gasteiger partial charge on any atom is -0.478 e. The maximum absolute atomic E-state index is 13.9. The first-order valence-corrected chi connectivity index (χ1v) is 13.6. The molecule has 9 heteroatoms. The fourth-order valence-corrected chi connectivity index (χ4v) is 4.93. The Kier molecular flexibility index (Phi) is 8.82. The maximum atomic E-state index is 13.9. The van der Waals surface area contributed by atoms with Gasteiger partial charge in [0.25, 0.3) is 0 Å². The van der Waals surface area contributed by atoms with Crippen LogP contribution in [0.25, 0.3) is 6.08 Å². The Morgan fingerprint density at radius 2 is 1.75 bits per heavy atom. The summed E-state index contributed by atoms with van der Waals surface area (Å²) in [7, 11) is 0. The minimum atomic E-state index is -1.07. The van der Waals surface area contributed by atoms with Gasteiger partial charge in [0.05, 0.1) is 17.9 Å². The third-order valence-electron chi connectivity index (χ3n) is 7.16. The van der Waals surface area contributed by atoms with Crippen molar-refractivity contribution in [3.05, 3.63) is 65.7 Å². The lowest BCUT2D eigenvalue weighted by molar-refractivity contribution is -0.131. The van der Waals surface area contributed by atoms with Gasteiger partial charge in [-0.25, -0.2) is 14.6 Å². The number of benzene rings is 2. The van der Waals surface area contributed by atoms with Crippen molar-refractivity contribution in [3.63, 3.8) is 0 Å². The highest BCUT2D eigenvalue weighted by Gasteiger charge is 2.36. The number of carboxylic acids is 1. The summed E-state index contributed by atoms with van der Waals surface area (Å²) in [5.41, 5.74) is 2.60. The Balaban J connectivity index is 1.66. The highest BCUT2D eigenvalue weighted by atomic mass is 16.4. The van der Waals surface area contributed by atoms with Gasteiger partial charge in [-0.05, 0) is 42.7 Å². The SMILES string of the molecule is CC(C)(C)C(=O)CN1C(=O)N(CC(=O)Nc2cccc(C=CC(=O)O)c2)N=C(C2CCCCC2)c2ccccc21. The first-order valence-electron chi connectivity index (χ1n) is 13.6. The third-order valence-corrected chi connectivity index (χ3v) is 7.16. The first-order chi connectivity index (χ1) is 19.0. The molecule has 0 bridgehead atoms. The van der Waals surface area contributed by atoms with Crippen LogP contribution in [0.4, 0.5) is 16.2 Å².